The number of ketones is 1. The van der Waals surface area contributed by atoms with Crippen LogP contribution in [0.1, 0.15) is 72.3 Å². The second-order valence-corrected chi connectivity index (χ2v) is 15.4. The Morgan fingerprint density at radius 1 is 1.02 bits per heavy atom. The zero-order valence-electron chi connectivity index (χ0n) is 28.5. The van der Waals surface area contributed by atoms with Gasteiger partial charge in [-0.25, -0.2) is 9.59 Å². The summed E-state index contributed by atoms with van der Waals surface area (Å²) in [5, 5.41) is 8.43. The number of rotatable bonds is 11. The molecule has 13 nitrogen and oxygen atoms in total. The van der Waals surface area contributed by atoms with E-state index in [2.05, 4.69) is 16.0 Å². The highest BCUT2D eigenvalue weighted by Crippen LogP contribution is 2.65. The summed E-state index contributed by atoms with van der Waals surface area (Å²) in [5.74, 6) is -3.80. The summed E-state index contributed by atoms with van der Waals surface area (Å²) in [6.07, 6.45) is 2.65. The molecule has 262 valence electrons. The number of urea groups is 1. The van der Waals surface area contributed by atoms with Gasteiger partial charge in [0, 0.05) is 32.6 Å². The number of esters is 1. The Balaban J connectivity index is 1.32. The van der Waals surface area contributed by atoms with Crippen molar-refractivity contribution in [2.24, 2.45) is 34.3 Å². The van der Waals surface area contributed by atoms with Crippen molar-refractivity contribution in [2.45, 2.75) is 97.0 Å². The average Bonchev–Trinajstić information content (AvgIpc) is 3.32. The summed E-state index contributed by atoms with van der Waals surface area (Å²) >= 11 is 0. The Kier molecular flexibility index (Phi) is 9.92. The minimum Gasteiger partial charge on any atom is -0.459 e. The normalized spacial score (nSPS) is 25.4. The molecule has 2 saturated heterocycles. The monoisotopic (exact) mass is 667 g/mol. The lowest BCUT2D eigenvalue weighted by Gasteiger charge is -2.40. The van der Waals surface area contributed by atoms with E-state index in [1.54, 1.807) is 0 Å². The van der Waals surface area contributed by atoms with Crippen LogP contribution in [0.4, 0.5) is 4.79 Å². The van der Waals surface area contributed by atoms with Gasteiger partial charge in [-0.3, -0.25) is 19.2 Å². The number of hydrogen-bond acceptors (Lipinski definition) is 8. The van der Waals surface area contributed by atoms with Gasteiger partial charge >= 0.3 is 12.0 Å². The first-order valence-corrected chi connectivity index (χ1v) is 16.9. The minimum absolute atomic E-state index is 0.0401. The molecule has 5 amide bonds. The van der Waals surface area contributed by atoms with E-state index in [9.17, 15) is 28.8 Å². The third-order valence-corrected chi connectivity index (χ3v) is 10.9. The van der Waals surface area contributed by atoms with E-state index < -0.39 is 64.6 Å². The largest absolute Gasteiger partial charge is 0.459 e. The topological polar surface area (TPSA) is 186 Å². The van der Waals surface area contributed by atoms with Crippen LogP contribution < -0.4 is 21.7 Å². The maximum Gasteiger partial charge on any atom is 0.332 e. The first kappa shape index (κ1) is 35.3. The molecule has 5 rings (SSSR count). The molecule has 0 bridgehead atoms. The molecular weight excluding hydrogens is 618 g/mol. The second kappa shape index (κ2) is 13.5. The van der Waals surface area contributed by atoms with Gasteiger partial charge in [-0.2, -0.15) is 0 Å². The number of amides is 5. The number of likely N-dealkylation sites (tertiary alicyclic amines) is 1. The van der Waals surface area contributed by atoms with Crippen LogP contribution in [0, 0.1) is 28.6 Å². The molecule has 1 aromatic rings. The van der Waals surface area contributed by atoms with E-state index in [4.69, 9.17) is 15.2 Å². The first-order chi connectivity index (χ1) is 22.6. The standard InChI is InChI=1S/C35H49N5O8/c1-33(2,3)27(38-32(46)39-35(14-16-47-17-15-35)31(45)48-19-20-10-7-6-8-11-20)30(44)40-18-22-23(34(22,4)5)25(40)29(43)37-24(21-12-9-13-21)26(41)28(36)42/h6-8,10-11,21-25,27H,9,12-19H2,1-5H3,(H2,36,42)(H,37,43)(H2,38,39,46)/t22-,23-,24?,25-,27+/m0/s1. The summed E-state index contributed by atoms with van der Waals surface area (Å²) in [6, 6.07) is 5.50. The smallest absolute Gasteiger partial charge is 0.332 e. The Hall–Kier alpha value is -4.00. The van der Waals surface area contributed by atoms with E-state index in [0.717, 1.165) is 12.0 Å². The number of nitrogens with two attached hydrogens (primary N) is 1. The van der Waals surface area contributed by atoms with Gasteiger partial charge in [0.1, 0.15) is 30.3 Å². The third kappa shape index (κ3) is 7.06. The van der Waals surface area contributed by atoms with Crippen molar-refractivity contribution in [3.8, 4) is 0 Å². The Morgan fingerprint density at radius 2 is 1.67 bits per heavy atom. The van der Waals surface area contributed by atoms with Crippen LogP contribution in [-0.2, 0) is 40.1 Å². The Labute approximate surface area is 281 Å². The lowest BCUT2D eigenvalue weighted by atomic mass is 9.78. The number of nitrogens with zero attached hydrogens (tertiary/aromatic N) is 1. The van der Waals surface area contributed by atoms with Gasteiger partial charge in [0.15, 0.2) is 0 Å². The quantitative estimate of drug-likeness (QED) is 0.203. The van der Waals surface area contributed by atoms with Crippen molar-refractivity contribution in [3.05, 3.63) is 35.9 Å². The van der Waals surface area contributed by atoms with Crippen LogP contribution in [0.5, 0.6) is 0 Å². The van der Waals surface area contributed by atoms with Crippen molar-refractivity contribution in [1.29, 1.82) is 0 Å². The molecule has 5 N–H and O–H groups in total. The molecule has 2 heterocycles. The number of Topliss-reactive ketones (excluding diaryl/α,β-unsaturated/α-hetero) is 1. The molecule has 4 aliphatic rings. The molecule has 0 radical (unpaired) electrons. The number of ether oxygens (including phenoxy) is 2. The summed E-state index contributed by atoms with van der Waals surface area (Å²) in [4.78, 5) is 81.4. The van der Waals surface area contributed by atoms with E-state index in [-0.39, 0.29) is 55.8 Å². The second-order valence-electron chi connectivity index (χ2n) is 15.4. The maximum absolute atomic E-state index is 14.4. The highest BCUT2D eigenvalue weighted by Gasteiger charge is 2.70. The van der Waals surface area contributed by atoms with Crippen LogP contribution in [0.3, 0.4) is 0 Å². The minimum atomic E-state index is -1.35. The fraction of sp³-hybridized carbons (Fsp3) is 0.657. The number of primary amides is 1. The Bertz CT molecular complexity index is 1430. The summed E-state index contributed by atoms with van der Waals surface area (Å²) in [7, 11) is 0. The van der Waals surface area contributed by atoms with Crippen LogP contribution in [0.25, 0.3) is 0 Å². The molecule has 4 fully saturated rings. The van der Waals surface area contributed by atoms with Crippen LogP contribution >= 0.6 is 0 Å². The number of hydrogen-bond donors (Lipinski definition) is 4. The van der Waals surface area contributed by atoms with E-state index in [0.29, 0.717) is 19.4 Å². The van der Waals surface area contributed by atoms with Crippen molar-refractivity contribution in [2.75, 3.05) is 19.8 Å². The molecule has 0 aromatic heterocycles. The molecule has 2 aliphatic carbocycles. The van der Waals surface area contributed by atoms with E-state index >= 15 is 0 Å². The third-order valence-electron chi connectivity index (χ3n) is 10.9. The zero-order chi connectivity index (χ0) is 35.0. The van der Waals surface area contributed by atoms with Gasteiger partial charge < -0.3 is 36.1 Å². The average molecular weight is 668 g/mol. The van der Waals surface area contributed by atoms with Crippen LogP contribution in [0.15, 0.2) is 30.3 Å². The number of piperidine rings is 1. The van der Waals surface area contributed by atoms with E-state index in [1.165, 1.54) is 4.90 Å². The molecule has 13 heteroatoms. The van der Waals surface area contributed by atoms with Crippen LogP contribution in [-0.4, -0.2) is 83.8 Å². The van der Waals surface area contributed by atoms with Gasteiger partial charge in [0.25, 0.3) is 5.91 Å². The van der Waals surface area contributed by atoms with Gasteiger partial charge in [0.2, 0.25) is 17.6 Å². The summed E-state index contributed by atoms with van der Waals surface area (Å²) in [6.45, 7) is 10.3. The number of benzene rings is 1. The van der Waals surface area contributed by atoms with Crippen molar-refractivity contribution in [3.63, 3.8) is 0 Å². The zero-order valence-corrected chi connectivity index (χ0v) is 28.5. The lowest BCUT2D eigenvalue weighted by molar-refractivity contribution is -0.156. The Morgan fingerprint density at radius 3 is 2.23 bits per heavy atom. The predicted molar refractivity (Wildman–Crippen MR) is 174 cm³/mol. The number of nitrogens with one attached hydrogen (secondary N) is 3. The molecule has 48 heavy (non-hydrogen) atoms. The van der Waals surface area contributed by atoms with E-state index in [1.807, 2.05) is 65.0 Å². The van der Waals surface area contributed by atoms with Gasteiger partial charge in [-0.05, 0) is 47.0 Å². The van der Waals surface area contributed by atoms with Crippen molar-refractivity contribution in [1.82, 2.24) is 20.9 Å². The molecule has 5 atom stereocenters. The summed E-state index contributed by atoms with van der Waals surface area (Å²) in [5.41, 5.74) is 3.78. The molecule has 2 saturated carbocycles. The molecule has 2 aliphatic heterocycles. The highest BCUT2D eigenvalue weighted by atomic mass is 16.5. The van der Waals surface area contributed by atoms with Crippen molar-refractivity contribution < 1.29 is 38.2 Å². The lowest BCUT2D eigenvalue weighted by Crippen LogP contribution is -2.65. The summed E-state index contributed by atoms with van der Waals surface area (Å²) < 4.78 is 11.1. The van der Waals surface area contributed by atoms with Gasteiger partial charge in [0.05, 0.1) is 0 Å². The fourth-order valence-corrected chi connectivity index (χ4v) is 7.54. The predicted octanol–water partition coefficient (Wildman–Crippen LogP) is 1.82. The molecule has 1 unspecified atom stereocenters. The first-order valence-electron chi connectivity index (χ1n) is 16.9. The van der Waals surface area contributed by atoms with Gasteiger partial charge in [-0.15, -0.1) is 0 Å². The highest BCUT2D eigenvalue weighted by molar-refractivity contribution is 6.38. The van der Waals surface area contributed by atoms with Gasteiger partial charge in [-0.1, -0.05) is 71.4 Å². The van der Waals surface area contributed by atoms with Crippen molar-refractivity contribution >= 4 is 35.5 Å². The molecule has 0 spiro atoms. The van der Waals surface area contributed by atoms with Crippen LogP contribution in [0.2, 0.25) is 0 Å². The SMILES string of the molecule is CC(C)(C)[C@H](NC(=O)NC1(C(=O)OCc2ccccc2)CCOCC1)C(=O)N1C[C@H]2[C@@H]([C@H]1C(=O)NC(C(=O)C(N)=O)C1CCC1)C2(C)C. The number of fused-ring (bicyclic) bond motifs is 1. The maximum atomic E-state index is 14.4. The molecule has 1 aromatic carbocycles. The molecular formula is C35H49N5O8. The fourth-order valence-electron chi connectivity index (χ4n) is 7.54. The number of carbonyl (C=O) groups excluding carboxylic acids is 6. The number of carbonyl (C=O) groups is 6.